The summed E-state index contributed by atoms with van der Waals surface area (Å²) in [6, 6.07) is 3.54. The summed E-state index contributed by atoms with van der Waals surface area (Å²) >= 11 is 0. The third-order valence-corrected chi connectivity index (χ3v) is 8.65. The highest BCUT2D eigenvalue weighted by Gasteiger charge is 2.42. The highest BCUT2D eigenvalue weighted by Crippen LogP contribution is 2.50. The van der Waals surface area contributed by atoms with Gasteiger partial charge in [-0.3, -0.25) is 0 Å². The van der Waals surface area contributed by atoms with Crippen molar-refractivity contribution >= 4 is 23.9 Å². The number of fused-ring (bicyclic) bond motifs is 5. The van der Waals surface area contributed by atoms with Gasteiger partial charge in [0.05, 0.1) is 22.3 Å². The zero-order chi connectivity index (χ0) is 26.3. The molecule has 2 aromatic rings. The highest BCUT2D eigenvalue weighted by molar-refractivity contribution is 6.02. The van der Waals surface area contributed by atoms with Gasteiger partial charge in [-0.15, -0.1) is 0 Å². The van der Waals surface area contributed by atoms with E-state index in [-0.39, 0.29) is 23.7 Å². The average molecular weight is 513 g/mol. The Morgan fingerprint density at radius 2 is 0.921 bits per heavy atom. The Balaban J connectivity index is 1.44. The van der Waals surface area contributed by atoms with E-state index in [4.69, 9.17) is 18.9 Å². The lowest BCUT2D eigenvalue weighted by molar-refractivity contribution is 0.0226. The van der Waals surface area contributed by atoms with Gasteiger partial charge in [0.15, 0.2) is 0 Å². The van der Waals surface area contributed by atoms with Crippen molar-refractivity contribution in [2.45, 2.75) is 63.2 Å². The first-order valence-corrected chi connectivity index (χ1v) is 13.0. The molecule has 0 radical (unpaired) electrons. The van der Waals surface area contributed by atoms with Crippen LogP contribution in [0.4, 0.5) is 0 Å². The normalized spacial score (nSPS) is 23.6. The van der Waals surface area contributed by atoms with Crippen molar-refractivity contribution in [2.24, 2.45) is 0 Å². The van der Waals surface area contributed by atoms with E-state index < -0.39 is 23.9 Å². The summed E-state index contributed by atoms with van der Waals surface area (Å²) in [4.78, 5) is 52.7. The zero-order valence-corrected chi connectivity index (χ0v) is 20.6. The van der Waals surface area contributed by atoms with Gasteiger partial charge in [0, 0.05) is 0 Å². The van der Waals surface area contributed by atoms with Crippen molar-refractivity contribution in [1.29, 1.82) is 0 Å². The smallest absolute Gasteiger partial charge is 0.346 e. The van der Waals surface area contributed by atoms with E-state index in [0.717, 1.165) is 47.9 Å². The molecule has 0 saturated heterocycles. The lowest BCUT2D eigenvalue weighted by Crippen LogP contribution is -2.28. The summed E-state index contributed by atoms with van der Waals surface area (Å²) in [6.07, 6.45) is 5.96. The van der Waals surface area contributed by atoms with Crippen LogP contribution in [0.5, 0.6) is 0 Å². The number of benzene rings is 2. The van der Waals surface area contributed by atoms with Crippen LogP contribution in [0.3, 0.4) is 0 Å². The molecule has 2 aromatic carbocycles. The van der Waals surface area contributed by atoms with E-state index in [1.165, 1.54) is 0 Å². The molecular weight excluding hydrogens is 488 g/mol. The monoisotopic (exact) mass is 512 g/mol. The Hall–Kier alpha value is -4.20. The van der Waals surface area contributed by atoms with Crippen molar-refractivity contribution in [1.82, 2.24) is 0 Å². The first-order chi connectivity index (χ1) is 18.3. The van der Waals surface area contributed by atoms with Gasteiger partial charge in [-0.25, -0.2) is 19.2 Å². The summed E-state index contributed by atoms with van der Waals surface area (Å²) in [5, 5.41) is 0. The maximum absolute atomic E-state index is 13.4. The summed E-state index contributed by atoms with van der Waals surface area (Å²) in [5.74, 6) is -3.48. The van der Waals surface area contributed by atoms with E-state index in [1.54, 1.807) is 12.1 Å². The minimum Gasteiger partial charge on any atom is -0.389 e. The van der Waals surface area contributed by atoms with Crippen LogP contribution in [-0.4, -0.2) is 23.9 Å². The van der Waals surface area contributed by atoms with Crippen molar-refractivity contribution in [3.05, 3.63) is 92.8 Å². The van der Waals surface area contributed by atoms with Crippen molar-refractivity contribution < 1.29 is 38.1 Å². The van der Waals surface area contributed by atoms with Gasteiger partial charge >= 0.3 is 23.9 Å². The molecule has 0 spiro atoms. The number of hydrogen-bond acceptors (Lipinski definition) is 8. The number of hydrogen-bond donors (Lipinski definition) is 0. The molecule has 2 unspecified atom stereocenters. The molecule has 3 aliphatic carbocycles. The molecule has 8 rings (SSSR count). The van der Waals surface area contributed by atoms with Crippen LogP contribution in [0.25, 0.3) is 0 Å². The van der Waals surface area contributed by atoms with Crippen molar-refractivity contribution in [2.75, 3.05) is 0 Å². The average Bonchev–Trinajstić information content (AvgIpc) is 2.92. The number of rotatable bonds is 2. The molecule has 8 heteroatoms. The maximum Gasteiger partial charge on any atom is 0.346 e. The topological polar surface area (TPSA) is 105 Å². The Morgan fingerprint density at radius 1 is 0.553 bits per heavy atom. The first-order valence-electron chi connectivity index (χ1n) is 13.0. The standard InChI is InChI=1S/C30H24O8/c1-13-35-27(31)23-11-21(25(29(33)37-13)19-9-7-17(19)23)15-5-3-4-6-16(15)22-12-24-18-8-10-20(18)26(22)30(34)38-14(2)36-28(24)32/h11-12,15-16H,1-10H2. The Bertz CT molecular complexity index is 1430. The number of carbonyl (C=O) groups is 4. The second-order valence-electron chi connectivity index (χ2n) is 10.5. The second-order valence-corrected chi connectivity index (χ2v) is 10.5. The van der Waals surface area contributed by atoms with Crippen LogP contribution in [0, 0.1) is 0 Å². The van der Waals surface area contributed by atoms with Gasteiger partial charge in [0.25, 0.3) is 11.9 Å². The summed E-state index contributed by atoms with van der Waals surface area (Å²) in [7, 11) is 0. The molecule has 8 nitrogen and oxygen atoms in total. The molecule has 0 amide bonds. The molecule has 38 heavy (non-hydrogen) atoms. The molecule has 1 fully saturated rings. The largest absolute Gasteiger partial charge is 0.389 e. The maximum atomic E-state index is 13.4. The van der Waals surface area contributed by atoms with Crippen LogP contribution >= 0.6 is 0 Å². The fraction of sp³-hybridized carbons (Fsp3) is 0.333. The lowest BCUT2D eigenvalue weighted by Gasteiger charge is -2.37. The van der Waals surface area contributed by atoms with Gasteiger partial charge in [-0.1, -0.05) is 12.8 Å². The first kappa shape index (κ1) is 23.0. The number of carbonyl (C=O) groups excluding carboxylic acids is 4. The number of cyclic esters (lactones) is 2. The zero-order valence-electron chi connectivity index (χ0n) is 20.6. The quantitative estimate of drug-likeness (QED) is 0.522. The van der Waals surface area contributed by atoms with Gasteiger partial charge in [-0.2, -0.15) is 0 Å². The van der Waals surface area contributed by atoms with E-state index in [1.807, 2.05) is 0 Å². The minimum absolute atomic E-state index is 0.201. The van der Waals surface area contributed by atoms with Crippen LogP contribution in [0.15, 0.2) is 37.2 Å². The molecule has 3 heterocycles. The van der Waals surface area contributed by atoms with Gasteiger partial charge in [0.2, 0.25) is 0 Å². The minimum atomic E-state index is -0.597. The van der Waals surface area contributed by atoms with Gasteiger partial charge in [0.1, 0.15) is 0 Å². The van der Waals surface area contributed by atoms with Gasteiger partial charge in [-0.05, 0) is 109 Å². The van der Waals surface area contributed by atoms with E-state index in [2.05, 4.69) is 13.2 Å². The van der Waals surface area contributed by atoms with Gasteiger partial charge < -0.3 is 18.9 Å². The highest BCUT2D eigenvalue weighted by atomic mass is 16.7. The Labute approximate surface area is 218 Å². The predicted octanol–water partition coefficient (Wildman–Crippen LogP) is 4.92. The molecule has 0 N–H and O–H groups in total. The van der Waals surface area contributed by atoms with Crippen molar-refractivity contribution in [3.63, 3.8) is 0 Å². The predicted molar refractivity (Wildman–Crippen MR) is 132 cm³/mol. The summed E-state index contributed by atoms with van der Waals surface area (Å²) < 4.78 is 21.1. The summed E-state index contributed by atoms with van der Waals surface area (Å²) in [6.45, 7) is 7.14. The number of ether oxygens (including phenoxy) is 4. The molecule has 1 saturated carbocycles. The molecular formula is C30H24O8. The third kappa shape index (κ3) is 3.22. The van der Waals surface area contributed by atoms with Crippen LogP contribution in [0.1, 0.15) is 112 Å². The molecule has 4 bridgehead atoms. The Morgan fingerprint density at radius 3 is 1.29 bits per heavy atom. The van der Waals surface area contributed by atoms with E-state index >= 15 is 0 Å². The molecule has 0 aromatic heterocycles. The van der Waals surface area contributed by atoms with Crippen LogP contribution in [0.2, 0.25) is 0 Å². The third-order valence-electron chi connectivity index (χ3n) is 8.65. The molecule has 192 valence electrons. The van der Waals surface area contributed by atoms with Crippen molar-refractivity contribution in [3.8, 4) is 0 Å². The van der Waals surface area contributed by atoms with E-state index in [9.17, 15) is 19.2 Å². The molecule has 3 aliphatic heterocycles. The summed E-state index contributed by atoms with van der Waals surface area (Å²) in [5.41, 5.74) is 6.43. The molecule has 2 atom stereocenters. The second kappa shape index (κ2) is 8.15. The fourth-order valence-corrected chi connectivity index (χ4v) is 6.85. The Kier molecular flexibility index (Phi) is 4.92. The fourth-order valence-electron chi connectivity index (χ4n) is 6.85. The number of esters is 4. The van der Waals surface area contributed by atoms with Crippen LogP contribution in [-0.2, 0) is 44.6 Å². The lowest BCUT2D eigenvalue weighted by atomic mass is 9.66. The van der Waals surface area contributed by atoms with E-state index in [0.29, 0.717) is 59.1 Å². The SMILES string of the molecule is C=C1OC(=O)c2cc(C3CCCCC3c3cc4c5c(c3C(=O)OC(=C)OC4=O)CC5)c(c3c2CC3)C(=O)O1. The molecule has 6 aliphatic rings. The van der Waals surface area contributed by atoms with Crippen LogP contribution < -0.4 is 0 Å².